The quantitative estimate of drug-likeness (QED) is 0.190. The molecule has 0 radical (unpaired) electrons. The first kappa shape index (κ1) is 24.0. The fraction of sp³-hybridized carbons (Fsp3) is 0.107. The Morgan fingerprint density at radius 3 is 2.06 bits per heavy atom. The molecule has 1 atom stereocenters. The van der Waals surface area contributed by atoms with Crippen molar-refractivity contribution in [3.05, 3.63) is 124 Å². The molecule has 0 aromatic heterocycles. The summed E-state index contributed by atoms with van der Waals surface area (Å²) in [6.07, 6.45) is 0. The van der Waals surface area contributed by atoms with Gasteiger partial charge in [0, 0.05) is 23.4 Å². The molecule has 176 valence electrons. The van der Waals surface area contributed by atoms with Crippen LogP contribution in [0.2, 0.25) is 5.02 Å². The van der Waals surface area contributed by atoms with Gasteiger partial charge in [0.1, 0.15) is 17.5 Å². The number of nitroso groups, excluding NO2 is 1. The van der Waals surface area contributed by atoms with Crippen LogP contribution < -0.4 is 9.64 Å². The number of carbonyl (C=O) groups is 1. The number of carbonyl (C=O) groups excluding carboxylic acids is 1. The minimum absolute atomic E-state index is 0.267. The molecule has 0 N–H and O–H groups in total. The molecule has 35 heavy (non-hydrogen) atoms. The second kappa shape index (κ2) is 10.8. The first-order chi connectivity index (χ1) is 17.0. The fourth-order valence-electron chi connectivity index (χ4n) is 3.71. The monoisotopic (exact) mass is 486 g/mol. The predicted octanol–water partition coefficient (Wildman–Crippen LogP) is 7.54. The number of anilines is 2. The van der Waals surface area contributed by atoms with Gasteiger partial charge in [0.15, 0.2) is 0 Å². The molecule has 0 spiro atoms. The third-order valence-corrected chi connectivity index (χ3v) is 5.81. The lowest BCUT2D eigenvalue weighted by atomic mass is 9.97. The lowest BCUT2D eigenvalue weighted by molar-refractivity contribution is 0.0600. The summed E-state index contributed by atoms with van der Waals surface area (Å²) < 4.78 is 10.8. The summed E-state index contributed by atoms with van der Waals surface area (Å²) in [5.41, 5.74) is 3.37. The summed E-state index contributed by atoms with van der Waals surface area (Å²) in [6, 6.07) is 28.2. The fourth-order valence-corrected chi connectivity index (χ4v) is 3.83. The molecule has 0 heterocycles. The molecule has 4 aromatic rings. The topological polar surface area (TPSA) is 68.2 Å². The molecule has 4 rings (SSSR count). The van der Waals surface area contributed by atoms with Crippen LogP contribution in [0, 0.1) is 4.91 Å². The van der Waals surface area contributed by atoms with Crippen LogP contribution in [0.4, 0.5) is 11.4 Å². The Morgan fingerprint density at radius 2 is 1.46 bits per heavy atom. The van der Waals surface area contributed by atoms with Gasteiger partial charge in [-0.3, -0.25) is 0 Å². The first-order valence-corrected chi connectivity index (χ1v) is 11.2. The molecular weight excluding hydrogens is 464 g/mol. The molecule has 0 amide bonds. The molecule has 4 aromatic carbocycles. The van der Waals surface area contributed by atoms with Crippen molar-refractivity contribution >= 4 is 28.9 Å². The van der Waals surface area contributed by atoms with E-state index in [0.29, 0.717) is 27.6 Å². The van der Waals surface area contributed by atoms with Crippen LogP contribution in [0.3, 0.4) is 0 Å². The van der Waals surface area contributed by atoms with Crippen molar-refractivity contribution in [1.82, 2.24) is 0 Å². The number of nitrogens with zero attached hydrogens (tertiary/aromatic N) is 2. The van der Waals surface area contributed by atoms with Gasteiger partial charge in [0.25, 0.3) is 0 Å². The highest BCUT2D eigenvalue weighted by atomic mass is 35.5. The maximum atomic E-state index is 12.3. The Labute approximate surface area is 208 Å². The van der Waals surface area contributed by atoms with Crippen molar-refractivity contribution in [2.75, 3.05) is 19.1 Å². The van der Waals surface area contributed by atoms with E-state index in [1.807, 2.05) is 78.7 Å². The summed E-state index contributed by atoms with van der Waals surface area (Å²) in [4.78, 5) is 26.3. The van der Waals surface area contributed by atoms with E-state index in [1.165, 1.54) is 7.11 Å². The Hall–Kier alpha value is -4.16. The largest absolute Gasteiger partial charge is 0.465 e. The summed E-state index contributed by atoms with van der Waals surface area (Å²) in [5, 5.41) is 4.03. The molecule has 0 saturated carbocycles. The van der Waals surface area contributed by atoms with Crippen molar-refractivity contribution in [3.8, 4) is 11.5 Å². The molecule has 7 heteroatoms. The average molecular weight is 487 g/mol. The molecule has 1 unspecified atom stereocenters. The van der Waals surface area contributed by atoms with Crippen LogP contribution in [0.15, 0.2) is 102 Å². The van der Waals surface area contributed by atoms with Gasteiger partial charge in [-0.1, -0.05) is 47.1 Å². The number of rotatable bonds is 8. The van der Waals surface area contributed by atoms with E-state index >= 15 is 0 Å². The third-order valence-electron chi connectivity index (χ3n) is 5.56. The maximum absolute atomic E-state index is 12.3. The number of methoxy groups -OCH3 is 1. The molecule has 0 saturated heterocycles. The van der Waals surface area contributed by atoms with Crippen molar-refractivity contribution < 1.29 is 14.3 Å². The van der Waals surface area contributed by atoms with E-state index in [4.69, 9.17) is 21.1 Å². The molecule has 0 aliphatic carbocycles. The lowest BCUT2D eigenvalue weighted by Crippen LogP contribution is -2.09. The lowest BCUT2D eigenvalue weighted by Gasteiger charge is -2.20. The number of benzene rings is 4. The normalized spacial score (nSPS) is 11.4. The van der Waals surface area contributed by atoms with Crippen molar-refractivity contribution in [1.29, 1.82) is 0 Å². The predicted molar refractivity (Wildman–Crippen MR) is 138 cm³/mol. The minimum atomic E-state index is -0.840. The van der Waals surface area contributed by atoms with E-state index in [-0.39, 0.29) is 5.56 Å². The van der Waals surface area contributed by atoms with Crippen LogP contribution in [0.5, 0.6) is 11.5 Å². The van der Waals surface area contributed by atoms with Gasteiger partial charge >= 0.3 is 5.97 Å². The molecule has 0 fully saturated rings. The molecule has 0 bridgehead atoms. The average Bonchev–Trinajstić information content (AvgIpc) is 2.89. The maximum Gasteiger partial charge on any atom is 0.337 e. The Bertz CT molecular complexity index is 1310. The van der Waals surface area contributed by atoms with Gasteiger partial charge in [-0.05, 0) is 77.9 Å². The third kappa shape index (κ3) is 5.67. The van der Waals surface area contributed by atoms with Gasteiger partial charge in [0.2, 0.25) is 0 Å². The Morgan fingerprint density at radius 1 is 0.829 bits per heavy atom. The molecule has 6 nitrogen and oxygen atoms in total. The number of ether oxygens (including phenoxy) is 2. The highest BCUT2D eigenvalue weighted by Crippen LogP contribution is 2.33. The Kier molecular flexibility index (Phi) is 7.43. The standard InChI is InChI=1S/C28H23ClN2O4/c1-31(24-14-10-22(29)11-15-24)23-12-8-19(9-13-23)27(30-33)20-16-21(28(32)34-2)18-26(17-20)35-25-6-4-3-5-7-25/h3-18,27H,1-2H3. The molecule has 0 aliphatic heterocycles. The summed E-state index contributed by atoms with van der Waals surface area (Å²) in [6.45, 7) is 0. The Balaban J connectivity index is 1.65. The van der Waals surface area contributed by atoms with E-state index in [0.717, 1.165) is 11.4 Å². The zero-order valence-electron chi connectivity index (χ0n) is 19.2. The van der Waals surface area contributed by atoms with E-state index in [1.54, 1.807) is 30.3 Å². The first-order valence-electron chi connectivity index (χ1n) is 10.9. The van der Waals surface area contributed by atoms with E-state index < -0.39 is 12.0 Å². The van der Waals surface area contributed by atoms with Gasteiger partial charge in [0.05, 0.1) is 12.7 Å². The van der Waals surface area contributed by atoms with Gasteiger partial charge in [-0.15, -0.1) is 4.91 Å². The number of halogens is 1. The van der Waals surface area contributed by atoms with Crippen molar-refractivity contribution in [2.24, 2.45) is 5.18 Å². The SMILES string of the molecule is COC(=O)c1cc(Oc2ccccc2)cc(C(N=O)c2ccc(N(C)c3ccc(Cl)cc3)cc2)c1. The van der Waals surface area contributed by atoms with E-state index in [2.05, 4.69) is 5.18 Å². The number of esters is 1. The van der Waals surface area contributed by atoms with Crippen LogP contribution in [0.1, 0.15) is 27.5 Å². The van der Waals surface area contributed by atoms with Crippen LogP contribution in [0.25, 0.3) is 0 Å². The smallest absolute Gasteiger partial charge is 0.337 e. The number of para-hydroxylation sites is 1. The van der Waals surface area contributed by atoms with Crippen LogP contribution >= 0.6 is 11.6 Å². The van der Waals surface area contributed by atoms with Crippen LogP contribution in [-0.4, -0.2) is 20.1 Å². The van der Waals surface area contributed by atoms with Gasteiger partial charge in [-0.25, -0.2) is 4.79 Å². The minimum Gasteiger partial charge on any atom is -0.465 e. The van der Waals surface area contributed by atoms with Crippen molar-refractivity contribution in [3.63, 3.8) is 0 Å². The van der Waals surface area contributed by atoms with Gasteiger partial charge in [-0.2, -0.15) is 0 Å². The van der Waals surface area contributed by atoms with Gasteiger partial charge < -0.3 is 14.4 Å². The number of hydrogen-bond acceptors (Lipinski definition) is 6. The van der Waals surface area contributed by atoms with Crippen molar-refractivity contribution in [2.45, 2.75) is 6.04 Å². The zero-order valence-corrected chi connectivity index (χ0v) is 20.0. The van der Waals surface area contributed by atoms with Crippen LogP contribution in [-0.2, 0) is 4.74 Å². The highest BCUT2D eigenvalue weighted by Gasteiger charge is 2.20. The number of hydrogen-bond donors (Lipinski definition) is 0. The summed E-state index contributed by atoms with van der Waals surface area (Å²) >= 11 is 5.99. The highest BCUT2D eigenvalue weighted by molar-refractivity contribution is 6.30. The summed E-state index contributed by atoms with van der Waals surface area (Å²) in [7, 11) is 3.25. The molecule has 0 aliphatic rings. The summed E-state index contributed by atoms with van der Waals surface area (Å²) in [5.74, 6) is 0.474. The van der Waals surface area contributed by atoms with E-state index in [9.17, 15) is 9.70 Å². The zero-order chi connectivity index (χ0) is 24.8. The molecular formula is C28H23ClN2O4. The second-order valence-corrected chi connectivity index (χ2v) is 8.27. The second-order valence-electron chi connectivity index (χ2n) is 7.83.